The van der Waals surface area contributed by atoms with Gasteiger partial charge in [0.2, 0.25) is 0 Å². The average Bonchev–Trinajstić information content (AvgIpc) is 2.31. The number of hydrogen-bond donors (Lipinski definition) is 1. The van der Waals surface area contributed by atoms with E-state index in [-0.39, 0.29) is 6.61 Å². The van der Waals surface area contributed by atoms with Crippen LogP contribution in [0.15, 0.2) is 16.8 Å². The Labute approximate surface area is 64.6 Å². The monoisotopic (exact) mass is 154 g/mol. The van der Waals surface area contributed by atoms with Crippen LogP contribution in [0.25, 0.3) is 6.08 Å². The van der Waals surface area contributed by atoms with Crippen molar-refractivity contribution < 1.29 is 5.11 Å². The highest BCUT2D eigenvalue weighted by Gasteiger charge is 1.91. The summed E-state index contributed by atoms with van der Waals surface area (Å²) in [6, 6.07) is 0. The molecule has 0 spiro atoms. The Balaban J connectivity index is 2.74. The van der Waals surface area contributed by atoms with Gasteiger partial charge in [-0.05, 0) is 28.8 Å². The van der Waals surface area contributed by atoms with E-state index in [0.29, 0.717) is 0 Å². The molecule has 1 aromatic rings. The number of hydrogen-bond acceptors (Lipinski definition) is 2. The van der Waals surface area contributed by atoms with Crippen molar-refractivity contribution in [3.63, 3.8) is 0 Å². The zero-order chi connectivity index (χ0) is 7.40. The van der Waals surface area contributed by atoms with Crippen molar-refractivity contribution in [2.75, 3.05) is 6.61 Å². The van der Waals surface area contributed by atoms with E-state index in [9.17, 15) is 0 Å². The van der Waals surface area contributed by atoms with Gasteiger partial charge in [-0.15, -0.1) is 0 Å². The van der Waals surface area contributed by atoms with E-state index in [1.807, 2.05) is 6.08 Å². The summed E-state index contributed by atoms with van der Waals surface area (Å²) in [5, 5.41) is 12.6. The van der Waals surface area contributed by atoms with Crippen LogP contribution < -0.4 is 0 Å². The fourth-order valence-electron chi connectivity index (χ4n) is 0.721. The molecule has 1 N–H and O–H groups in total. The van der Waals surface area contributed by atoms with E-state index in [1.54, 1.807) is 17.4 Å². The fraction of sp³-hybridized carbons (Fsp3) is 0.250. The lowest BCUT2D eigenvalue weighted by Crippen LogP contribution is -1.72. The van der Waals surface area contributed by atoms with Crippen LogP contribution in [0.3, 0.4) is 0 Å². The molecule has 0 atom stereocenters. The Hall–Kier alpha value is -0.600. The summed E-state index contributed by atoms with van der Waals surface area (Å²) < 4.78 is 0. The van der Waals surface area contributed by atoms with Crippen molar-refractivity contribution in [1.29, 1.82) is 0 Å². The van der Waals surface area contributed by atoms with Gasteiger partial charge in [-0.1, -0.05) is 12.2 Å². The van der Waals surface area contributed by atoms with Crippen molar-refractivity contribution >= 4 is 17.4 Å². The second-order valence-electron chi connectivity index (χ2n) is 2.10. The first kappa shape index (κ1) is 7.51. The molecule has 0 aliphatic heterocycles. The molecular formula is C8H10OS. The number of thiophene rings is 1. The Kier molecular flexibility index (Phi) is 2.66. The second kappa shape index (κ2) is 3.54. The van der Waals surface area contributed by atoms with Gasteiger partial charge in [-0.25, -0.2) is 0 Å². The molecule has 2 heteroatoms. The molecule has 0 amide bonds. The molecule has 54 valence electrons. The Morgan fingerprint density at radius 1 is 1.60 bits per heavy atom. The normalized spacial score (nSPS) is 11.0. The summed E-state index contributed by atoms with van der Waals surface area (Å²) in [5.41, 5.74) is 2.48. The molecule has 0 bridgehead atoms. The summed E-state index contributed by atoms with van der Waals surface area (Å²) in [6.07, 6.45) is 3.68. The van der Waals surface area contributed by atoms with E-state index in [2.05, 4.69) is 17.7 Å². The zero-order valence-electron chi connectivity index (χ0n) is 5.87. The summed E-state index contributed by atoms with van der Waals surface area (Å²) in [7, 11) is 0. The van der Waals surface area contributed by atoms with Gasteiger partial charge in [0.1, 0.15) is 0 Å². The molecule has 1 nitrogen and oxygen atoms in total. The van der Waals surface area contributed by atoms with Crippen LogP contribution in [0.2, 0.25) is 0 Å². The third kappa shape index (κ3) is 1.69. The minimum Gasteiger partial charge on any atom is -0.392 e. The quantitative estimate of drug-likeness (QED) is 0.691. The van der Waals surface area contributed by atoms with Gasteiger partial charge in [-0.2, -0.15) is 11.3 Å². The topological polar surface area (TPSA) is 20.2 Å². The van der Waals surface area contributed by atoms with Crippen molar-refractivity contribution in [3.05, 3.63) is 28.0 Å². The maximum absolute atomic E-state index is 8.47. The molecule has 1 rings (SSSR count). The van der Waals surface area contributed by atoms with Crippen molar-refractivity contribution in [1.82, 2.24) is 0 Å². The molecular weight excluding hydrogens is 144 g/mol. The predicted octanol–water partition coefficient (Wildman–Crippen LogP) is 2.06. The summed E-state index contributed by atoms with van der Waals surface area (Å²) in [5.74, 6) is 0. The molecule has 0 aromatic carbocycles. The van der Waals surface area contributed by atoms with Crippen LogP contribution in [0, 0.1) is 6.92 Å². The lowest BCUT2D eigenvalue weighted by Gasteiger charge is -1.86. The highest BCUT2D eigenvalue weighted by atomic mass is 32.1. The molecule has 0 saturated carbocycles. The third-order valence-electron chi connectivity index (χ3n) is 1.30. The minimum absolute atomic E-state index is 0.120. The van der Waals surface area contributed by atoms with Gasteiger partial charge >= 0.3 is 0 Å². The van der Waals surface area contributed by atoms with Crippen molar-refractivity contribution in [3.8, 4) is 0 Å². The summed E-state index contributed by atoms with van der Waals surface area (Å²) in [6.45, 7) is 2.18. The first-order valence-corrected chi connectivity index (χ1v) is 4.09. The van der Waals surface area contributed by atoms with Gasteiger partial charge in [0.15, 0.2) is 0 Å². The van der Waals surface area contributed by atoms with Crippen LogP contribution in [0.1, 0.15) is 11.1 Å². The number of aliphatic hydroxyl groups is 1. The lowest BCUT2D eigenvalue weighted by molar-refractivity contribution is 0.343. The van der Waals surface area contributed by atoms with Crippen LogP contribution in [0.4, 0.5) is 0 Å². The van der Waals surface area contributed by atoms with E-state index in [1.165, 1.54) is 11.1 Å². The molecule has 0 aliphatic rings. The first-order chi connectivity index (χ1) is 4.84. The average molecular weight is 154 g/mol. The zero-order valence-corrected chi connectivity index (χ0v) is 6.69. The van der Waals surface area contributed by atoms with Gasteiger partial charge in [0, 0.05) is 0 Å². The van der Waals surface area contributed by atoms with Gasteiger partial charge in [-0.3, -0.25) is 0 Å². The largest absolute Gasteiger partial charge is 0.392 e. The number of aliphatic hydroxyl groups excluding tert-OH is 1. The molecule has 0 unspecified atom stereocenters. The molecule has 0 aliphatic carbocycles. The van der Waals surface area contributed by atoms with Crippen LogP contribution in [0.5, 0.6) is 0 Å². The van der Waals surface area contributed by atoms with E-state index < -0.39 is 0 Å². The standard InChI is InChI=1S/C8H10OS/c1-7-5-10-6-8(7)3-2-4-9/h2-3,5-6,9H,4H2,1H3/b3-2+. The van der Waals surface area contributed by atoms with Gasteiger partial charge < -0.3 is 5.11 Å². The van der Waals surface area contributed by atoms with Crippen molar-refractivity contribution in [2.24, 2.45) is 0 Å². The van der Waals surface area contributed by atoms with Crippen molar-refractivity contribution in [2.45, 2.75) is 6.92 Å². The van der Waals surface area contributed by atoms with Crippen LogP contribution >= 0.6 is 11.3 Å². The SMILES string of the molecule is Cc1cscc1/C=C/CO. The summed E-state index contributed by atoms with van der Waals surface area (Å²) >= 11 is 1.68. The Bertz CT molecular complexity index is 225. The predicted molar refractivity (Wildman–Crippen MR) is 45.2 cm³/mol. The molecule has 0 fully saturated rings. The van der Waals surface area contributed by atoms with Crippen LogP contribution in [-0.2, 0) is 0 Å². The summed E-state index contributed by atoms with van der Waals surface area (Å²) in [4.78, 5) is 0. The fourth-order valence-corrected chi connectivity index (χ4v) is 1.54. The smallest absolute Gasteiger partial charge is 0.0615 e. The highest BCUT2D eigenvalue weighted by Crippen LogP contribution is 2.14. The number of rotatable bonds is 2. The molecule has 1 heterocycles. The first-order valence-electron chi connectivity index (χ1n) is 3.15. The second-order valence-corrected chi connectivity index (χ2v) is 2.84. The Morgan fingerprint density at radius 3 is 2.90 bits per heavy atom. The highest BCUT2D eigenvalue weighted by molar-refractivity contribution is 7.08. The number of aryl methyl sites for hydroxylation is 1. The third-order valence-corrected chi connectivity index (χ3v) is 2.18. The van der Waals surface area contributed by atoms with Gasteiger partial charge in [0.25, 0.3) is 0 Å². The maximum Gasteiger partial charge on any atom is 0.0615 e. The maximum atomic E-state index is 8.47. The lowest BCUT2D eigenvalue weighted by atomic mass is 10.2. The minimum atomic E-state index is 0.120. The molecule has 0 saturated heterocycles. The molecule has 1 aromatic heterocycles. The van der Waals surface area contributed by atoms with Gasteiger partial charge in [0.05, 0.1) is 6.61 Å². The molecule has 0 radical (unpaired) electrons. The Morgan fingerprint density at radius 2 is 2.40 bits per heavy atom. The van der Waals surface area contributed by atoms with E-state index in [0.717, 1.165) is 0 Å². The van der Waals surface area contributed by atoms with Crippen LogP contribution in [-0.4, -0.2) is 11.7 Å². The van der Waals surface area contributed by atoms with E-state index in [4.69, 9.17) is 5.11 Å². The molecule has 10 heavy (non-hydrogen) atoms. The van der Waals surface area contributed by atoms with E-state index >= 15 is 0 Å².